The number of hydrogen-bond acceptors (Lipinski definition) is 5. The lowest BCUT2D eigenvalue weighted by atomic mass is 10.4. The van der Waals surface area contributed by atoms with Crippen molar-refractivity contribution in [2.45, 2.75) is 46.3 Å². The van der Waals surface area contributed by atoms with Crippen LogP contribution in [0.4, 0.5) is 0 Å². The quantitative estimate of drug-likeness (QED) is 0.552. The van der Waals surface area contributed by atoms with Gasteiger partial charge in [-0.05, 0) is 40.7 Å². The fourth-order valence-corrected chi connectivity index (χ4v) is 4.52. The third-order valence-electron chi connectivity index (χ3n) is 2.35. The first-order valence-corrected chi connectivity index (χ1v) is 8.80. The summed E-state index contributed by atoms with van der Waals surface area (Å²) in [5.74, 6) is 0. The van der Waals surface area contributed by atoms with Crippen LogP contribution in [0.3, 0.4) is 0 Å². The molecule has 0 aromatic heterocycles. The van der Waals surface area contributed by atoms with Gasteiger partial charge < -0.3 is 23.7 Å². The van der Waals surface area contributed by atoms with E-state index in [1.165, 1.54) is 0 Å². The Balaban J connectivity index is 4.47. The molecular formula is C12H29NO4Si. The zero-order chi connectivity index (χ0) is 13.9. The summed E-state index contributed by atoms with van der Waals surface area (Å²) in [4.78, 5) is 0. The highest BCUT2D eigenvalue weighted by Gasteiger charge is 2.41. The maximum Gasteiger partial charge on any atom is 0.501 e. The van der Waals surface area contributed by atoms with E-state index in [1.54, 1.807) is 0 Å². The van der Waals surface area contributed by atoms with Crippen LogP contribution in [0, 0.1) is 0 Å². The van der Waals surface area contributed by atoms with Crippen LogP contribution in [-0.4, -0.2) is 47.9 Å². The molecule has 0 spiro atoms. The van der Waals surface area contributed by atoms with Gasteiger partial charge in [-0.1, -0.05) is 0 Å². The molecule has 1 unspecified atom stereocenters. The Morgan fingerprint density at radius 1 is 1.06 bits per heavy atom. The number of rotatable bonds is 12. The van der Waals surface area contributed by atoms with E-state index < -0.39 is 8.80 Å². The first-order valence-electron chi connectivity index (χ1n) is 6.87. The second-order valence-corrected chi connectivity index (χ2v) is 6.71. The van der Waals surface area contributed by atoms with E-state index in [9.17, 15) is 0 Å². The third-order valence-corrected chi connectivity index (χ3v) is 5.54. The van der Waals surface area contributed by atoms with Crippen molar-refractivity contribution >= 4 is 8.80 Å². The molecule has 18 heavy (non-hydrogen) atoms. The SMILES string of the molecule is CCOCC(C)O[Si](CCCN)(OCC)OCC. The highest BCUT2D eigenvalue weighted by atomic mass is 28.4. The van der Waals surface area contributed by atoms with Crippen molar-refractivity contribution in [2.75, 3.05) is 33.0 Å². The van der Waals surface area contributed by atoms with E-state index in [1.807, 2.05) is 27.7 Å². The summed E-state index contributed by atoms with van der Waals surface area (Å²) in [5, 5.41) is 0. The summed E-state index contributed by atoms with van der Waals surface area (Å²) in [5.41, 5.74) is 5.57. The normalized spacial score (nSPS) is 13.8. The van der Waals surface area contributed by atoms with E-state index in [0.29, 0.717) is 33.0 Å². The van der Waals surface area contributed by atoms with Gasteiger partial charge >= 0.3 is 8.80 Å². The lowest BCUT2D eigenvalue weighted by Gasteiger charge is -2.31. The molecule has 0 saturated heterocycles. The van der Waals surface area contributed by atoms with E-state index in [0.717, 1.165) is 12.5 Å². The van der Waals surface area contributed by atoms with Crippen molar-refractivity contribution in [3.8, 4) is 0 Å². The average molecular weight is 279 g/mol. The number of ether oxygens (including phenoxy) is 1. The Hall–Kier alpha value is 0.0169. The second-order valence-electron chi connectivity index (χ2n) is 4.03. The van der Waals surface area contributed by atoms with Gasteiger partial charge in [0.2, 0.25) is 0 Å². The van der Waals surface area contributed by atoms with E-state index in [4.69, 9.17) is 23.7 Å². The molecule has 0 heterocycles. The first-order chi connectivity index (χ1) is 8.64. The summed E-state index contributed by atoms with van der Waals surface area (Å²) in [6, 6.07) is 0.766. The fourth-order valence-electron chi connectivity index (χ4n) is 1.70. The van der Waals surface area contributed by atoms with Gasteiger partial charge in [-0.2, -0.15) is 0 Å². The molecule has 0 amide bonds. The zero-order valence-corrected chi connectivity index (χ0v) is 13.2. The minimum atomic E-state index is -2.59. The van der Waals surface area contributed by atoms with Crippen LogP contribution in [0.2, 0.25) is 6.04 Å². The predicted octanol–water partition coefficient (Wildman–Crippen LogP) is 1.79. The minimum absolute atomic E-state index is 0.0208. The molecule has 0 aliphatic rings. The lowest BCUT2D eigenvalue weighted by molar-refractivity contribution is -0.00180. The molecular weight excluding hydrogens is 250 g/mol. The van der Waals surface area contributed by atoms with Crippen molar-refractivity contribution in [1.82, 2.24) is 0 Å². The number of nitrogens with two attached hydrogens (primary N) is 1. The van der Waals surface area contributed by atoms with E-state index in [2.05, 4.69) is 0 Å². The first kappa shape index (κ1) is 18.0. The highest BCUT2D eigenvalue weighted by molar-refractivity contribution is 6.60. The Morgan fingerprint density at radius 2 is 1.67 bits per heavy atom. The molecule has 0 saturated carbocycles. The average Bonchev–Trinajstić information content (AvgIpc) is 2.34. The number of hydrogen-bond donors (Lipinski definition) is 1. The summed E-state index contributed by atoms with van der Waals surface area (Å²) >= 11 is 0. The maximum absolute atomic E-state index is 6.04. The summed E-state index contributed by atoms with van der Waals surface area (Å²) in [6.45, 7) is 10.9. The van der Waals surface area contributed by atoms with Gasteiger partial charge in [-0.15, -0.1) is 0 Å². The van der Waals surface area contributed by atoms with Crippen LogP contribution in [0.1, 0.15) is 34.1 Å². The largest absolute Gasteiger partial charge is 0.501 e. The molecule has 0 aliphatic heterocycles. The van der Waals surface area contributed by atoms with E-state index in [-0.39, 0.29) is 6.10 Å². The lowest BCUT2D eigenvalue weighted by Crippen LogP contribution is -2.49. The van der Waals surface area contributed by atoms with Crippen molar-refractivity contribution in [2.24, 2.45) is 5.73 Å². The highest BCUT2D eigenvalue weighted by Crippen LogP contribution is 2.20. The van der Waals surface area contributed by atoms with Crippen molar-refractivity contribution in [1.29, 1.82) is 0 Å². The molecule has 5 nitrogen and oxygen atoms in total. The van der Waals surface area contributed by atoms with Gasteiger partial charge in [-0.3, -0.25) is 0 Å². The van der Waals surface area contributed by atoms with Gasteiger partial charge in [0.15, 0.2) is 0 Å². The summed E-state index contributed by atoms with van der Waals surface area (Å²) < 4.78 is 23.0. The monoisotopic (exact) mass is 279 g/mol. The zero-order valence-electron chi connectivity index (χ0n) is 12.2. The molecule has 0 rings (SSSR count). The molecule has 0 aromatic carbocycles. The third kappa shape index (κ3) is 7.45. The summed E-state index contributed by atoms with van der Waals surface area (Å²) in [6.07, 6.45) is 0.834. The van der Waals surface area contributed by atoms with Crippen molar-refractivity contribution in [3.63, 3.8) is 0 Å². The fraction of sp³-hybridized carbons (Fsp3) is 1.00. The molecule has 0 radical (unpaired) electrons. The van der Waals surface area contributed by atoms with E-state index >= 15 is 0 Å². The van der Waals surface area contributed by atoms with Crippen LogP contribution in [0.15, 0.2) is 0 Å². The molecule has 0 aromatic rings. The van der Waals surface area contributed by atoms with Crippen LogP contribution in [-0.2, 0) is 18.0 Å². The van der Waals surface area contributed by atoms with Gasteiger partial charge in [0.25, 0.3) is 0 Å². The molecule has 0 aliphatic carbocycles. The molecule has 6 heteroatoms. The maximum atomic E-state index is 6.04. The Kier molecular flexibility index (Phi) is 10.9. The Morgan fingerprint density at radius 3 is 2.11 bits per heavy atom. The topological polar surface area (TPSA) is 62.9 Å². The molecule has 0 fully saturated rings. The van der Waals surface area contributed by atoms with Gasteiger partial charge in [0, 0.05) is 25.9 Å². The Labute approximate surface area is 112 Å². The molecule has 2 N–H and O–H groups in total. The predicted molar refractivity (Wildman–Crippen MR) is 74.5 cm³/mol. The minimum Gasteiger partial charge on any atom is -0.379 e. The van der Waals surface area contributed by atoms with Gasteiger partial charge in [-0.25, -0.2) is 0 Å². The standard InChI is InChI=1S/C12H29NO4Si/c1-5-14-11-12(4)17-18(15-6-2,16-7-3)10-8-9-13/h12H,5-11,13H2,1-4H3. The molecule has 1 atom stereocenters. The van der Waals surface area contributed by atoms with Crippen LogP contribution in [0.25, 0.3) is 0 Å². The molecule has 110 valence electrons. The van der Waals surface area contributed by atoms with Crippen LogP contribution in [0.5, 0.6) is 0 Å². The summed E-state index contributed by atoms with van der Waals surface area (Å²) in [7, 11) is -2.59. The van der Waals surface area contributed by atoms with Gasteiger partial charge in [0.05, 0.1) is 12.7 Å². The van der Waals surface area contributed by atoms with Crippen molar-refractivity contribution < 1.29 is 18.0 Å². The van der Waals surface area contributed by atoms with Crippen LogP contribution < -0.4 is 5.73 Å². The van der Waals surface area contributed by atoms with Crippen LogP contribution >= 0.6 is 0 Å². The second kappa shape index (κ2) is 10.9. The van der Waals surface area contributed by atoms with Crippen molar-refractivity contribution in [3.05, 3.63) is 0 Å². The Bertz CT molecular complexity index is 189. The van der Waals surface area contributed by atoms with Gasteiger partial charge in [0.1, 0.15) is 0 Å². The smallest absolute Gasteiger partial charge is 0.379 e. The molecule has 0 bridgehead atoms.